The van der Waals surface area contributed by atoms with Gasteiger partial charge in [0.2, 0.25) is 5.91 Å². The van der Waals surface area contributed by atoms with Crippen LogP contribution in [0.15, 0.2) is 42.5 Å². The van der Waals surface area contributed by atoms with Gasteiger partial charge < -0.3 is 15.2 Å². The smallest absolute Gasteiger partial charge is 0.304 e. The fourth-order valence-electron chi connectivity index (χ4n) is 2.66. The van der Waals surface area contributed by atoms with Crippen LogP contribution >= 0.6 is 0 Å². The number of methoxy groups -OCH3 is 1. The Morgan fingerprint density at radius 3 is 2.60 bits per heavy atom. The van der Waals surface area contributed by atoms with Crippen LogP contribution < -0.4 is 10.1 Å². The van der Waals surface area contributed by atoms with Gasteiger partial charge in [0, 0.05) is 5.69 Å². The Morgan fingerprint density at radius 2 is 1.92 bits per heavy atom. The summed E-state index contributed by atoms with van der Waals surface area (Å²) in [5.41, 5.74) is 3.55. The second-order valence-corrected chi connectivity index (χ2v) is 6.16. The summed E-state index contributed by atoms with van der Waals surface area (Å²) in [6, 6.07) is 13.1. The van der Waals surface area contributed by atoms with E-state index in [1.807, 2.05) is 56.3 Å². The van der Waals surface area contributed by atoms with Crippen molar-refractivity contribution in [2.45, 2.75) is 26.7 Å². The summed E-state index contributed by atoms with van der Waals surface area (Å²) < 4.78 is 5.19. The molecule has 2 N–H and O–H groups in total. The van der Waals surface area contributed by atoms with Gasteiger partial charge in [-0.3, -0.25) is 9.59 Å². The van der Waals surface area contributed by atoms with E-state index >= 15 is 0 Å². The first kappa shape index (κ1) is 18.5. The molecule has 25 heavy (non-hydrogen) atoms. The standard InChI is InChI=1S/C20H23NO4/c1-13-7-8-14(2)18(9-13)21-20(24)16(12-19(22)23)10-15-5-4-6-17(11-15)25-3/h4-9,11,16H,10,12H2,1-3H3,(H,21,24)(H,22,23)/t16-/m0/s1. The Hall–Kier alpha value is -2.82. The molecule has 0 aromatic heterocycles. The van der Waals surface area contributed by atoms with Gasteiger partial charge in [0.15, 0.2) is 0 Å². The molecular formula is C20H23NO4. The van der Waals surface area contributed by atoms with E-state index in [9.17, 15) is 14.7 Å². The molecule has 5 heteroatoms. The first-order chi connectivity index (χ1) is 11.9. The number of amides is 1. The third-order valence-electron chi connectivity index (χ3n) is 4.06. The number of nitrogens with one attached hydrogen (secondary N) is 1. The van der Waals surface area contributed by atoms with Crippen molar-refractivity contribution in [1.29, 1.82) is 0 Å². The van der Waals surface area contributed by atoms with Crippen molar-refractivity contribution in [3.05, 3.63) is 59.2 Å². The average Bonchev–Trinajstić information content (AvgIpc) is 2.57. The lowest BCUT2D eigenvalue weighted by Gasteiger charge is -2.17. The molecule has 0 aliphatic rings. The molecular weight excluding hydrogens is 318 g/mol. The summed E-state index contributed by atoms with van der Waals surface area (Å²) in [5.74, 6) is -1.27. The Morgan fingerprint density at radius 1 is 1.16 bits per heavy atom. The zero-order chi connectivity index (χ0) is 18.4. The zero-order valence-electron chi connectivity index (χ0n) is 14.7. The normalized spacial score (nSPS) is 11.6. The summed E-state index contributed by atoms with van der Waals surface area (Å²) in [6.07, 6.45) is 0.105. The lowest BCUT2D eigenvalue weighted by molar-refractivity contribution is -0.140. The maximum Gasteiger partial charge on any atom is 0.304 e. The Labute approximate surface area is 147 Å². The molecule has 5 nitrogen and oxygen atoms in total. The van der Waals surface area contributed by atoms with Gasteiger partial charge in [-0.05, 0) is 55.2 Å². The number of carboxylic acids is 1. The second-order valence-electron chi connectivity index (χ2n) is 6.16. The number of benzene rings is 2. The van der Waals surface area contributed by atoms with E-state index in [-0.39, 0.29) is 12.3 Å². The highest BCUT2D eigenvalue weighted by Crippen LogP contribution is 2.21. The highest BCUT2D eigenvalue weighted by atomic mass is 16.5. The number of aryl methyl sites for hydroxylation is 2. The van der Waals surface area contributed by atoms with Crippen LogP contribution in [-0.4, -0.2) is 24.1 Å². The van der Waals surface area contributed by atoms with Gasteiger partial charge in [-0.25, -0.2) is 0 Å². The van der Waals surface area contributed by atoms with Crippen molar-refractivity contribution in [1.82, 2.24) is 0 Å². The molecule has 0 aliphatic carbocycles. The molecule has 1 amide bonds. The quantitative estimate of drug-likeness (QED) is 0.807. The van der Waals surface area contributed by atoms with Gasteiger partial charge in [0.05, 0.1) is 19.4 Å². The Balaban J connectivity index is 2.19. The minimum Gasteiger partial charge on any atom is -0.497 e. The molecule has 0 saturated carbocycles. The second kappa shape index (κ2) is 8.33. The van der Waals surface area contributed by atoms with Crippen molar-refractivity contribution < 1.29 is 19.4 Å². The highest BCUT2D eigenvalue weighted by Gasteiger charge is 2.23. The number of anilines is 1. The van der Waals surface area contributed by atoms with Crippen LogP contribution in [0.5, 0.6) is 5.75 Å². The number of aliphatic carboxylic acids is 1. The molecule has 0 aliphatic heterocycles. The molecule has 0 bridgehead atoms. The molecule has 0 radical (unpaired) electrons. The molecule has 0 heterocycles. The Kier molecular flexibility index (Phi) is 6.17. The van der Waals surface area contributed by atoms with Crippen molar-refractivity contribution in [3.63, 3.8) is 0 Å². The van der Waals surface area contributed by atoms with Crippen LogP contribution in [0.3, 0.4) is 0 Å². The van der Waals surface area contributed by atoms with Crippen LogP contribution in [0.2, 0.25) is 0 Å². The van der Waals surface area contributed by atoms with E-state index in [1.165, 1.54) is 0 Å². The van der Waals surface area contributed by atoms with Crippen LogP contribution in [0.4, 0.5) is 5.69 Å². The van der Waals surface area contributed by atoms with E-state index < -0.39 is 11.9 Å². The predicted octanol–water partition coefficient (Wildman–Crippen LogP) is 3.58. The summed E-state index contributed by atoms with van der Waals surface area (Å²) in [7, 11) is 1.57. The number of hydrogen-bond acceptors (Lipinski definition) is 3. The van der Waals surface area contributed by atoms with Crippen LogP contribution in [0.1, 0.15) is 23.1 Å². The summed E-state index contributed by atoms with van der Waals surface area (Å²) >= 11 is 0. The first-order valence-electron chi connectivity index (χ1n) is 8.12. The minimum atomic E-state index is -0.996. The number of ether oxygens (including phenoxy) is 1. The Bertz CT molecular complexity index is 770. The van der Waals surface area contributed by atoms with Crippen LogP contribution in [0, 0.1) is 19.8 Å². The van der Waals surface area contributed by atoms with Crippen LogP contribution in [0.25, 0.3) is 0 Å². The monoisotopic (exact) mass is 341 g/mol. The number of carbonyl (C=O) groups is 2. The van der Waals surface area contributed by atoms with Gasteiger partial charge in [-0.1, -0.05) is 24.3 Å². The average molecular weight is 341 g/mol. The zero-order valence-corrected chi connectivity index (χ0v) is 14.7. The minimum absolute atomic E-state index is 0.228. The van der Waals surface area contributed by atoms with E-state index in [4.69, 9.17) is 4.74 Å². The molecule has 1 atom stereocenters. The molecule has 0 saturated heterocycles. The fraction of sp³-hybridized carbons (Fsp3) is 0.300. The molecule has 2 aromatic rings. The molecule has 0 fully saturated rings. The summed E-state index contributed by atoms with van der Waals surface area (Å²) in [4.78, 5) is 23.9. The van der Waals surface area contributed by atoms with E-state index in [0.717, 1.165) is 16.7 Å². The topological polar surface area (TPSA) is 75.6 Å². The molecule has 2 aromatic carbocycles. The largest absolute Gasteiger partial charge is 0.497 e. The van der Waals surface area contributed by atoms with E-state index in [2.05, 4.69) is 5.32 Å². The van der Waals surface area contributed by atoms with E-state index in [1.54, 1.807) is 7.11 Å². The van der Waals surface area contributed by atoms with Crippen molar-refractivity contribution in [2.75, 3.05) is 12.4 Å². The third kappa shape index (κ3) is 5.35. The molecule has 0 unspecified atom stereocenters. The lowest BCUT2D eigenvalue weighted by atomic mass is 9.95. The molecule has 0 spiro atoms. The maximum absolute atomic E-state index is 12.7. The number of carboxylic acid groups (broad SMARTS) is 1. The third-order valence-corrected chi connectivity index (χ3v) is 4.06. The van der Waals surface area contributed by atoms with Gasteiger partial charge in [0.25, 0.3) is 0 Å². The van der Waals surface area contributed by atoms with Crippen molar-refractivity contribution in [2.24, 2.45) is 5.92 Å². The van der Waals surface area contributed by atoms with Gasteiger partial charge in [-0.15, -0.1) is 0 Å². The predicted molar refractivity (Wildman–Crippen MR) is 97.0 cm³/mol. The van der Waals surface area contributed by atoms with Crippen molar-refractivity contribution >= 4 is 17.6 Å². The summed E-state index contributed by atoms with van der Waals surface area (Å²) in [6.45, 7) is 3.85. The number of rotatable bonds is 7. The van der Waals surface area contributed by atoms with Gasteiger partial charge in [0.1, 0.15) is 5.75 Å². The fourth-order valence-corrected chi connectivity index (χ4v) is 2.66. The van der Waals surface area contributed by atoms with E-state index in [0.29, 0.717) is 17.9 Å². The maximum atomic E-state index is 12.7. The highest BCUT2D eigenvalue weighted by molar-refractivity contribution is 5.95. The molecule has 2 rings (SSSR count). The SMILES string of the molecule is COc1cccc(C[C@@H](CC(=O)O)C(=O)Nc2cc(C)ccc2C)c1. The van der Waals surface area contributed by atoms with Gasteiger partial charge in [-0.2, -0.15) is 0 Å². The van der Waals surface area contributed by atoms with Crippen molar-refractivity contribution in [3.8, 4) is 5.75 Å². The first-order valence-corrected chi connectivity index (χ1v) is 8.12. The van der Waals surface area contributed by atoms with Crippen LogP contribution in [-0.2, 0) is 16.0 Å². The number of hydrogen-bond donors (Lipinski definition) is 2. The molecule has 132 valence electrons. The lowest BCUT2D eigenvalue weighted by Crippen LogP contribution is -2.27. The number of carbonyl (C=O) groups excluding carboxylic acids is 1. The summed E-state index contributed by atoms with van der Waals surface area (Å²) in [5, 5.41) is 12.0. The van der Waals surface area contributed by atoms with Gasteiger partial charge >= 0.3 is 5.97 Å².